The van der Waals surface area contributed by atoms with E-state index < -0.39 is 46.7 Å². The van der Waals surface area contributed by atoms with Gasteiger partial charge >= 0.3 is 18.2 Å². The first-order chi connectivity index (χ1) is 22.2. The van der Waals surface area contributed by atoms with E-state index in [0.717, 1.165) is 5.56 Å². The van der Waals surface area contributed by atoms with E-state index in [1.54, 1.807) is 32.9 Å². The molecule has 0 fully saturated rings. The Labute approximate surface area is 272 Å². The Morgan fingerprint density at radius 2 is 1.36 bits per heavy atom. The quantitative estimate of drug-likeness (QED) is 0.0985. The molecule has 0 spiro atoms. The number of rotatable bonds is 13. The van der Waals surface area contributed by atoms with E-state index in [1.165, 1.54) is 36.4 Å². The van der Waals surface area contributed by atoms with E-state index in [9.17, 15) is 29.3 Å². The highest BCUT2D eigenvalue weighted by molar-refractivity contribution is 5.90. The Morgan fingerprint density at radius 3 is 1.89 bits per heavy atom. The summed E-state index contributed by atoms with van der Waals surface area (Å²) in [6, 6.07) is 18.1. The third-order valence-corrected chi connectivity index (χ3v) is 6.35. The lowest BCUT2D eigenvalue weighted by atomic mass is 10.0. The van der Waals surface area contributed by atoms with Crippen molar-refractivity contribution in [1.29, 1.82) is 0 Å². The van der Waals surface area contributed by atoms with Crippen LogP contribution in [-0.4, -0.2) is 46.7 Å². The average Bonchev–Trinajstić information content (AvgIpc) is 3.00. The number of hydrogen-bond acceptors (Lipinski definition) is 10. The fourth-order valence-electron chi connectivity index (χ4n) is 4.23. The Kier molecular flexibility index (Phi) is 12.8. The molecule has 0 saturated carbocycles. The fraction of sp³-hybridized carbons (Fsp3) is 0.353. The van der Waals surface area contributed by atoms with Crippen molar-refractivity contribution in [2.24, 2.45) is 5.92 Å². The standard InChI is InChI=1S/C34H39N3O10/c1-22(2)19-28(36-32(40)44-21-24-9-7-6-8-10-24)30(38)35-29(31(39)47-34(3,4)5)20-23-11-15-26(16-12-23)45-33(41)46-27-17-13-25(14-18-27)37(42)43/h6-18,22,28-29H,19-21H2,1-5H3,(H,35,38)(H,36,40)/t28-,29-/m0/s1. The van der Waals surface area contributed by atoms with Gasteiger partial charge in [0.25, 0.3) is 5.69 Å². The fourth-order valence-corrected chi connectivity index (χ4v) is 4.23. The van der Waals surface area contributed by atoms with Crippen molar-refractivity contribution < 1.29 is 43.0 Å². The first kappa shape index (κ1) is 36.0. The zero-order valence-electron chi connectivity index (χ0n) is 26.9. The molecule has 2 N–H and O–H groups in total. The van der Waals surface area contributed by atoms with Crippen LogP contribution in [0.2, 0.25) is 0 Å². The normalized spacial score (nSPS) is 12.3. The Hall–Kier alpha value is -5.46. The molecule has 47 heavy (non-hydrogen) atoms. The molecule has 0 bridgehead atoms. The molecule has 2 amide bonds. The molecule has 3 rings (SSSR count). The summed E-state index contributed by atoms with van der Waals surface area (Å²) in [5.74, 6) is -1.04. The lowest BCUT2D eigenvalue weighted by Gasteiger charge is -2.27. The summed E-state index contributed by atoms with van der Waals surface area (Å²) in [5.41, 5.74) is 0.400. The summed E-state index contributed by atoms with van der Waals surface area (Å²) in [6.45, 7) is 8.94. The molecule has 3 aromatic carbocycles. The van der Waals surface area contributed by atoms with Crippen LogP contribution in [0.15, 0.2) is 78.9 Å². The van der Waals surface area contributed by atoms with Crippen LogP contribution in [0.3, 0.4) is 0 Å². The van der Waals surface area contributed by atoms with Crippen LogP contribution < -0.4 is 20.1 Å². The molecule has 0 saturated heterocycles. The number of nitro groups is 1. The molecule has 0 heterocycles. The predicted molar refractivity (Wildman–Crippen MR) is 171 cm³/mol. The number of benzene rings is 3. The number of carbonyl (C=O) groups excluding carboxylic acids is 4. The van der Waals surface area contributed by atoms with Crippen LogP contribution in [0.5, 0.6) is 11.5 Å². The van der Waals surface area contributed by atoms with E-state index in [0.29, 0.717) is 5.56 Å². The predicted octanol–water partition coefficient (Wildman–Crippen LogP) is 5.88. The third kappa shape index (κ3) is 12.8. The molecule has 13 heteroatoms. The lowest BCUT2D eigenvalue weighted by molar-refractivity contribution is -0.384. The number of hydrogen-bond donors (Lipinski definition) is 2. The molecule has 0 aliphatic rings. The van der Waals surface area contributed by atoms with Gasteiger partial charge in [0.15, 0.2) is 0 Å². The van der Waals surface area contributed by atoms with E-state index >= 15 is 0 Å². The van der Waals surface area contributed by atoms with Crippen LogP contribution in [-0.2, 0) is 32.1 Å². The number of carbonyl (C=O) groups is 4. The maximum absolute atomic E-state index is 13.4. The minimum absolute atomic E-state index is 0.0255. The summed E-state index contributed by atoms with van der Waals surface area (Å²) in [7, 11) is 0. The van der Waals surface area contributed by atoms with Gasteiger partial charge < -0.3 is 29.6 Å². The second-order valence-corrected chi connectivity index (χ2v) is 12.0. The number of alkyl carbamates (subject to hydrolysis) is 1. The van der Waals surface area contributed by atoms with Gasteiger partial charge in [-0.3, -0.25) is 14.9 Å². The van der Waals surface area contributed by atoms with Gasteiger partial charge in [-0.25, -0.2) is 14.4 Å². The second-order valence-electron chi connectivity index (χ2n) is 12.0. The molecule has 0 aliphatic heterocycles. The van der Waals surface area contributed by atoms with Gasteiger partial charge in [-0.1, -0.05) is 56.3 Å². The maximum atomic E-state index is 13.4. The molecular weight excluding hydrogens is 610 g/mol. The Balaban J connectivity index is 1.66. The van der Waals surface area contributed by atoms with Gasteiger partial charge in [0.2, 0.25) is 5.91 Å². The smallest absolute Gasteiger partial charge is 0.458 e. The highest BCUT2D eigenvalue weighted by Crippen LogP contribution is 2.20. The number of nitrogens with zero attached hydrogens (tertiary/aromatic N) is 1. The summed E-state index contributed by atoms with van der Waals surface area (Å²) < 4.78 is 21.1. The largest absolute Gasteiger partial charge is 0.519 e. The van der Waals surface area contributed by atoms with E-state index in [2.05, 4.69) is 10.6 Å². The highest BCUT2D eigenvalue weighted by atomic mass is 16.7. The third-order valence-electron chi connectivity index (χ3n) is 6.35. The number of nitrogens with one attached hydrogen (secondary N) is 2. The van der Waals surface area contributed by atoms with Crippen LogP contribution in [0.4, 0.5) is 15.3 Å². The zero-order valence-corrected chi connectivity index (χ0v) is 26.9. The topological polar surface area (TPSA) is 172 Å². The number of non-ortho nitro benzene ring substituents is 1. The van der Waals surface area contributed by atoms with Crippen molar-refractivity contribution in [3.05, 3.63) is 100 Å². The Bertz CT molecular complexity index is 1520. The van der Waals surface area contributed by atoms with E-state index in [-0.39, 0.29) is 42.6 Å². The summed E-state index contributed by atoms with van der Waals surface area (Å²) in [4.78, 5) is 61.7. The molecule has 0 radical (unpaired) electrons. The molecule has 2 atom stereocenters. The molecule has 13 nitrogen and oxygen atoms in total. The number of amides is 2. The monoisotopic (exact) mass is 649 g/mol. The number of nitro benzene ring substituents is 1. The Morgan fingerprint density at radius 1 is 0.787 bits per heavy atom. The van der Waals surface area contributed by atoms with Crippen LogP contribution >= 0.6 is 0 Å². The molecule has 0 aromatic heterocycles. The lowest BCUT2D eigenvalue weighted by Crippen LogP contribution is -2.53. The van der Waals surface area contributed by atoms with Gasteiger partial charge in [0, 0.05) is 18.6 Å². The zero-order chi connectivity index (χ0) is 34.6. The first-order valence-electron chi connectivity index (χ1n) is 14.9. The highest BCUT2D eigenvalue weighted by Gasteiger charge is 2.31. The van der Waals surface area contributed by atoms with Crippen molar-refractivity contribution in [2.75, 3.05) is 0 Å². The van der Waals surface area contributed by atoms with Crippen LogP contribution in [0.25, 0.3) is 0 Å². The first-order valence-corrected chi connectivity index (χ1v) is 14.9. The minimum atomic E-state index is -1.11. The molecular formula is C34H39N3O10. The molecule has 3 aromatic rings. The summed E-state index contributed by atoms with van der Waals surface area (Å²) >= 11 is 0. The SMILES string of the molecule is CC(C)C[C@H](NC(=O)OCc1ccccc1)C(=O)N[C@@H](Cc1ccc(OC(=O)Oc2ccc([N+](=O)[O-])cc2)cc1)C(=O)OC(C)(C)C. The van der Waals surface area contributed by atoms with Crippen LogP contribution in [0, 0.1) is 16.0 Å². The number of ether oxygens (including phenoxy) is 4. The molecule has 0 aliphatic carbocycles. The van der Waals surface area contributed by atoms with Crippen molar-refractivity contribution in [3.63, 3.8) is 0 Å². The maximum Gasteiger partial charge on any atom is 0.519 e. The minimum Gasteiger partial charge on any atom is -0.458 e. The van der Waals surface area contributed by atoms with Gasteiger partial charge in [0.1, 0.15) is 35.8 Å². The number of esters is 1. The van der Waals surface area contributed by atoms with Crippen molar-refractivity contribution in [3.8, 4) is 11.5 Å². The molecule has 0 unspecified atom stereocenters. The van der Waals surface area contributed by atoms with Crippen molar-refractivity contribution >= 4 is 29.8 Å². The van der Waals surface area contributed by atoms with E-state index in [1.807, 2.05) is 44.2 Å². The molecule has 250 valence electrons. The van der Waals surface area contributed by atoms with Gasteiger partial charge in [-0.2, -0.15) is 0 Å². The second kappa shape index (κ2) is 16.7. The average molecular weight is 650 g/mol. The van der Waals surface area contributed by atoms with Gasteiger partial charge in [-0.15, -0.1) is 0 Å². The van der Waals surface area contributed by atoms with Crippen molar-refractivity contribution in [2.45, 2.75) is 71.8 Å². The van der Waals surface area contributed by atoms with E-state index in [4.69, 9.17) is 18.9 Å². The van der Waals surface area contributed by atoms with Crippen molar-refractivity contribution in [1.82, 2.24) is 10.6 Å². The van der Waals surface area contributed by atoms with Gasteiger partial charge in [0.05, 0.1) is 4.92 Å². The van der Waals surface area contributed by atoms with Crippen LogP contribution in [0.1, 0.15) is 52.2 Å². The van der Waals surface area contributed by atoms with Gasteiger partial charge in [-0.05, 0) is 68.5 Å². The summed E-state index contributed by atoms with van der Waals surface area (Å²) in [6.07, 6.45) is -1.52. The summed E-state index contributed by atoms with van der Waals surface area (Å²) in [5, 5.41) is 16.1.